The monoisotopic (exact) mass is 504 g/mol. The third-order valence-corrected chi connectivity index (χ3v) is 4.32. The van der Waals surface area contributed by atoms with Crippen molar-refractivity contribution in [1.29, 1.82) is 0 Å². The average molecular weight is 504 g/mol. The second-order valence-corrected chi connectivity index (χ2v) is 7.18. The van der Waals surface area contributed by atoms with E-state index in [2.05, 4.69) is 29.8 Å². The van der Waals surface area contributed by atoms with Crippen molar-refractivity contribution >= 4 is 35.8 Å². The molecule has 0 heterocycles. The highest BCUT2D eigenvalue weighted by molar-refractivity contribution is 14.0. The first-order valence-corrected chi connectivity index (χ1v) is 9.94. The molecule has 0 saturated heterocycles. The summed E-state index contributed by atoms with van der Waals surface area (Å²) in [5.41, 5.74) is 1.79. The molecule has 0 aliphatic rings. The van der Waals surface area contributed by atoms with E-state index in [0.717, 1.165) is 43.9 Å². The highest BCUT2D eigenvalue weighted by Crippen LogP contribution is 2.15. The molecule has 1 atom stereocenters. The van der Waals surface area contributed by atoms with E-state index in [1.807, 2.05) is 31.2 Å². The number of nitrogens with zero attached hydrogens (tertiary/aromatic N) is 1. The Kier molecular flexibility index (Phi) is 14.8. The summed E-state index contributed by atoms with van der Waals surface area (Å²) in [4.78, 5) is 16.4. The number of hydrogen-bond acceptors (Lipinski definition) is 3. The molecule has 0 aliphatic heterocycles. The predicted molar refractivity (Wildman–Crippen MR) is 128 cm³/mol. The number of carbonyl (C=O) groups excluding carboxylic acids is 1. The second-order valence-electron chi connectivity index (χ2n) is 7.18. The summed E-state index contributed by atoms with van der Waals surface area (Å²) in [6.45, 7) is 8.89. The maximum atomic E-state index is 11.7. The van der Waals surface area contributed by atoms with Gasteiger partial charge in [-0.2, -0.15) is 0 Å². The van der Waals surface area contributed by atoms with Crippen molar-refractivity contribution in [2.45, 2.75) is 40.0 Å². The van der Waals surface area contributed by atoms with Crippen LogP contribution in [0, 0.1) is 11.8 Å². The van der Waals surface area contributed by atoms with Gasteiger partial charge in [0.15, 0.2) is 5.96 Å². The maximum absolute atomic E-state index is 11.7. The van der Waals surface area contributed by atoms with Gasteiger partial charge >= 0.3 is 0 Å². The maximum Gasteiger partial charge on any atom is 0.251 e. The molecule has 0 aliphatic carbocycles. The molecule has 7 heteroatoms. The van der Waals surface area contributed by atoms with Gasteiger partial charge in [-0.15, -0.1) is 24.0 Å². The van der Waals surface area contributed by atoms with E-state index < -0.39 is 0 Å². The molecular formula is C21H37IN4O2. The lowest BCUT2D eigenvalue weighted by atomic mass is 9.94. The van der Waals surface area contributed by atoms with Gasteiger partial charge in [-0.1, -0.05) is 26.0 Å². The Labute approximate surface area is 187 Å². The van der Waals surface area contributed by atoms with Gasteiger partial charge in [0.05, 0.1) is 0 Å². The van der Waals surface area contributed by atoms with E-state index >= 15 is 0 Å². The van der Waals surface area contributed by atoms with Crippen LogP contribution in [0.2, 0.25) is 0 Å². The Morgan fingerprint density at radius 1 is 1.25 bits per heavy atom. The molecule has 0 radical (unpaired) electrons. The third-order valence-electron chi connectivity index (χ3n) is 4.32. The summed E-state index contributed by atoms with van der Waals surface area (Å²) < 4.78 is 0. The zero-order chi connectivity index (χ0) is 20.1. The Balaban J connectivity index is 0.00000729. The van der Waals surface area contributed by atoms with E-state index in [0.29, 0.717) is 23.9 Å². The van der Waals surface area contributed by atoms with Crippen LogP contribution in [0.5, 0.6) is 0 Å². The number of rotatable bonds is 11. The minimum absolute atomic E-state index is 0. The standard InChI is InChI=1S/C21H36N4O2.HI/c1-5-23-21(25-15-18(10-12-26)13-16(2)3)24-11-9-17-7-6-8-19(14-17)20(27)22-4;/h6-8,14,16,18,26H,5,9-13,15H2,1-4H3,(H,22,27)(H2,23,24,25);1H. The zero-order valence-electron chi connectivity index (χ0n) is 17.6. The SMILES string of the molecule is CCNC(=NCC(CCO)CC(C)C)NCCc1cccc(C(=O)NC)c1.I. The first kappa shape index (κ1) is 26.6. The molecule has 1 rings (SSSR count). The first-order valence-electron chi connectivity index (χ1n) is 9.94. The molecule has 0 saturated carbocycles. The molecule has 160 valence electrons. The summed E-state index contributed by atoms with van der Waals surface area (Å²) in [7, 11) is 1.64. The number of nitrogens with one attached hydrogen (secondary N) is 3. The molecule has 1 aromatic rings. The van der Waals surface area contributed by atoms with Crippen molar-refractivity contribution in [3.05, 3.63) is 35.4 Å². The largest absolute Gasteiger partial charge is 0.396 e. The van der Waals surface area contributed by atoms with Gasteiger partial charge in [0.25, 0.3) is 5.91 Å². The van der Waals surface area contributed by atoms with Gasteiger partial charge in [-0.05, 0) is 55.7 Å². The van der Waals surface area contributed by atoms with Crippen molar-refractivity contribution in [2.75, 3.05) is 33.3 Å². The van der Waals surface area contributed by atoms with Gasteiger partial charge < -0.3 is 21.1 Å². The lowest BCUT2D eigenvalue weighted by Crippen LogP contribution is -2.38. The number of aliphatic hydroxyl groups is 1. The molecule has 0 spiro atoms. The smallest absolute Gasteiger partial charge is 0.251 e. The fraction of sp³-hybridized carbons (Fsp3) is 0.619. The second kappa shape index (κ2) is 15.6. The van der Waals surface area contributed by atoms with E-state index in [4.69, 9.17) is 4.99 Å². The highest BCUT2D eigenvalue weighted by Gasteiger charge is 2.11. The van der Waals surface area contributed by atoms with Crippen molar-refractivity contribution < 1.29 is 9.90 Å². The van der Waals surface area contributed by atoms with Gasteiger partial charge in [0.1, 0.15) is 0 Å². The normalized spacial score (nSPS) is 12.3. The van der Waals surface area contributed by atoms with Crippen LogP contribution < -0.4 is 16.0 Å². The lowest BCUT2D eigenvalue weighted by Gasteiger charge is -2.17. The summed E-state index contributed by atoms with van der Waals surface area (Å²) >= 11 is 0. The number of amides is 1. The van der Waals surface area contributed by atoms with Gasteiger partial charge in [-0.3, -0.25) is 9.79 Å². The van der Waals surface area contributed by atoms with E-state index in [-0.39, 0.29) is 36.5 Å². The van der Waals surface area contributed by atoms with Crippen molar-refractivity contribution in [3.8, 4) is 0 Å². The number of benzene rings is 1. The van der Waals surface area contributed by atoms with Crippen molar-refractivity contribution in [3.63, 3.8) is 0 Å². The first-order chi connectivity index (χ1) is 13.0. The minimum atomic E-state index is -0.0696. The van der Waals surface area contributed by atoms with Crippen LogP contribution in [0.1, 0.15) is 49.5 Å². The van der Waals surface area contributed by atoms with Crippen LogP contribution in [0.3, 0.4) is 0 Å². The molecule has 1 amide bonds. The number of aliphatic hydroxyl groups excluding tert-OH is 1. The quantitative estimate of drug-likeness (QED) is 0.212. The number of hydrogen-bond donors (Lipinski definition) is 4. The van der Waals surface area contributed by atoms with Crippen molar-refractivity contribution in [1.82, 2.24) is 16.0 Å². The predicted octanol–water partition coefficient (Wildman–Crippen LogP) is 2.81. The van der Waals surface area contributed by atoms with Crippen LogP contribution in [-0.4, -0.2) is 50.3 Å². The van der Waals surface area contributed by atoms with E-state index in [9.17, 15) is 9.90 Å². The molecule has 1 aromatic carbocycles. The summed E-state index contributed by atoms with van der Waals surface area (Å²) in [5, 5.41) is 18.5. The van der Waals surface area contributed by atoms with Gasteiger partial charge in [0, 0.05) is 38.9 Å². The van der Waals surface area contributed by atoms with Gasteiger partial charge in [-0.25, -0.2) is 0 Å². The number of carbonyl (C=O) groups is 1. The Bertz CT molecular complexity index is 594. The Morgan fingerprint density at radius 2 is 2.00 bits per heavy atom. The van der Waals surface area contributed by atoms with Gasteiger partial charge in [0.2, 0.25) is 0 Å². The van der Waals surface area contributed by atoms with Crippen LogP contribution in [0.4, 0.5) is 0 Å². The fourth-order valence-electron chi connectivity index (χ4n) is 3.03. The van der Waals surface area contributed by atoms with Crippen LogP contribution >= 0.6 is 24.0 Å². The Hall–Kier alpha value is -1.35. The number of aliphatic imine (C=N–C) groups is 1. The summed E-state index contributed by atoms with van der Waals surface area (Å²) in [6.07, 6.45) is 2.66. The molecule has 6 nitrogen and oxygen atoms in total. The molecule has 0 bridgehead atoms. The van der Waals surface area contributed by atoms with Crippen LogP contribution in [0.15, 0.2) is 29.3 Å². The number of halogens is 1. The minimum Gasteiger partial charge on any atom is -0.396 e. The molecule has 4 N–H and O–H groups in total. The highest BCUT2D eigenvalue weighted by atomic mass is 127. The molecule has 0 aromatic heterocycles. The summed E-state index contributed by atoms with van der Waals surface area (Å²) in [6, 6.07) is 7.67. The number of guanidine groups is 1. The van der Waals surface area contributed by atoms with Crippen LogP contribution in [0.25, 0.3) is 0 Å². The zero-order valence-corrected chi connectivity index (χ0v) is 20.0. The van der Waals surface area contributed by atoms with Crippen LogP contribution in [-0.2, 0) is 6.42 Å². The molecular weight excluding hydrogens is 467 g/mol. The Morgan fingerprint density at radius 3 is 2.61 bits per heavy atom. The molecule has 0 fully saturated rings. The van der Waals surface area contributed by atoms with Crippen molar-refractivity contribution in [2.24, 2.45) is 16.8 Å². The fourth-order valence-corrected chi connectivity index (χ4v) is 3.03. The third kappa shape index (κ3) is 10.8. The van der Waals surface area contributed by atoms with E-state index in [1.165, 1.54) is 0 Å². The average Bonchev–Trinajstić information content (AvgIpc) is 2.65. The lowest BCUT2D eigenvalue weighted by molar-refractivity contribution is 0.0963. The molecule has 1 unspecified atom stereocenters. The van der Waals surface area contributed by atoms with E-state index in [1.54, 1.807) is 7.05 Å². The topological polar surface area (TPSA) is 85.8 Å². The summed E-state index contributed by atoms with van der Waals surface area (Å²) in [5.74, 6) is 1.72. The molecule has 28 heavy (non-hydrogen) atoms.